The van der Waals surface area contributed by atoms with Crippen molar-refractivity contribution in [2.45, 2.75) is 104 Å². The summed E-state index contributed by atoms with van der Waals surface area (Å²) in [7, 11) is 0. The summed E-state index contributed by atoms with van der Waals surface area (Å²) >= 11 is 0. The molecule has 2 aromatic rings. The van der Waals surface area contributed by atoms with Crippen molar-refractivity contribution in [2.24, 2.45) is 11.3 Å². The van der Waals surface area contributed by atoms with E-state index in [-0.39, 0.29) is 0 Å². The first-order valence-electron chi connectivity index (χ1n) is 13.6. The highest BCUT2D eigenvalue weighted by Crippen LogP contribution is 2.41. The standard InChI is InChI=1S/C30H41N3O2/c1-3-5-7-8-10-11-24-17-19-30(23-31,20-18-24)29(34)35-27-15-13-26(14-16-27)28-32-21-25(22-33-28)12-9-6-4-2/h13-16,21-22,24H,3-12,17-20H2,1-2H3/t24-,30+. The van der Waals surface area contributed by atoms with Gasteiger partial charge in [-0.3, -0.25) is 0 Å². The fraction of sp³-hybridized carbons (Fsp3) is 0.600. The van der Waals surface area contributed by atoms with Gasteiger partial charge in [0.2, 0.25) is 0 Å². The lowest BCUT2D eigenvalue weighted by atomic mass is 9.70. The molecule has 0 bridgehead atoms. The van der Waals surface area contributed by atoms with Crippen LogP contribution in [0.4, 0.5) is 0 Å². The van der Waals surface area contributed by atoms with Crippen molar-refractivity contribution in [3.63, 3.8) is 0 Å². The number of aromatic nitrogens is 2. The number of carbonyl (C=O) groups excluding carboxylic acids is 1. The second-order valence-electron chi connectivity index (χ2n) is 10.1. The number of unbranched alkanes of at least 4 members (excludes halogenated alkanes) is 6. The summed E-state index contributed by atoms with van der Waals surface area (Å²) in [6.07, 6.45) is 19.1. The first-order valence-corrected chi connectivity index (χ1v) is 13.6. The molecule has 35 heavy (non-hydrogen) atoms. The lowest BCUT2D eigenvalue weighted by molar-refractivity contribution is -0.144. The zero-order valence-corrected chi connectivity index (χ0v) is 21.6. The van der Waals surface area contributed by atoms with Crippen molar-refractivity contribution in [1.82, 2.24) is 9.97 Å². The van der Waals surface area contributed by atoms with E-state index in [1.54, 1.807) is 12.1 Å². The molecular weight excluding hydrogens is 434 g/mol. The van der Waals surface area contributed by atoms with Gasteiger partial charge in [-0.1, -0.05) is 65.2 Å². The number of esters is 1. The molecule has 1 fully saturated rings. The van der Waals surface area contributed by atoms with Crippen LogP contribution < -0.4 is 4.74 Å². The molecule has 0 amide bonds. The average Bonchev–Trinajstić information content (AvgIpc) is 2.90. The lowest BCUT2D eigenvalue weighted by Crippen LogP contribution is -2.37. The topological polar surface area (TPSA) is 75.9 Å². The Bertz CT molecular complexity index is 939. The van der Waals surface area contributed by atoms with Crippen LogP contribution in [0, 0.1) is 22.7 Å². The number of rotatable bonds is 13. The summed E-state index contributed by atoms with van der Waals surface area (Å²) in [6.45, 7) is 4.43. The van der Waals surface area contributed by atoms with E-state index < -0.39 is 11.4 Å². The Balaban J connectivity index is 1.50. The first kappa shape index (κ1) is 26.9. The van der Waals surface area contributed by atoms with Gasteiger partial charge in [0.05, 0.1) is 6.07 Å². The van der Waals surface area contributed by atoms with Crippen LogP contribution in [-0.4, -0.2) is 15.9 Å². The van der Waals surface area contributed by atoms with Crippen molar-refractivity contribution in [3.8, 4) is 23.2 Å². The van der Waals surface area contributed by atoms with Crippen LogP contribution in [0.5, 0.6) is 5.75 Å². The molecule has 5 nitrogen and oxygen atoms in total. The van der Waals surface area contributed by atoms with Crippen LogP contribution in [0.2, 0.25) is 0 Å². The normalized spacial score (nSPS) is 19.7. The molecule has 1 aliphatic carbocycles. The molecule has 188 valence electrons. The van der Waals surface area contributed by atoms with Gasteiger partial charge in [0, 0.05) is 18.0 Å². The number of carbonyl (C=O) groups is 1. The van der Waals surface area contributed by atoms with Gasteiger partial charge in [-0.15, -0.1) is 0 Å². The van der Waals surface area contributed by atoms with E-state index in [1.165, 1.54) is 51.4 Å². The summed E-state index contributed by atoms with van der Waals surface area (Å²) in [6, 6.07) is 9.56. The second-order valence-corrected chi connectivity index (χ2v) is 10.1. The monoisotopic (exact) mass is 475 g/mol. The zero-order valence-electron chi connectivity index (χ0n) is 21.6. The largest absolute Gasteiger partial charge is 0.425 e. The maximum Gasteiger partial charge on any atom is 0.331 e. The molecule has 3 rings (SSSR count). The number of hydrogen-bond acceptors (Lipinski definition) is 5. The highest BCUT2D eigenvalue weighted by Gasteiger charge is 2.43. The van der Waals surface area contributed by atoms with Crippen LogP contribution in [0.15, 0.2) is 36.7 Å². The maximum atomic E-state index is 13.0. The van der Waals surface area contributed by atoms with E-state index >= 15 is 0 Å². The van der Waals surface area contributed by atoms with Gasteiger partial charge in [0.15, 0.2) is 11.2 Å². The third kappa shape index (κ3) is 7.88. The Morgan fingerprint density at radius 2 is 1.60 bits per heavy atom. The third-order valence-electron chi connectivity index (χ3n) is 7.38. The molecule has 0 N–H and O–H groups in total. The zero-order chi connectivity index (χ0) is 24.9. The van der Waals surface area contributed by atoms with Crippen molar-refractivity contribution < 1.29 is 9.53 Å². The van der Waals surface area contributed by atoms with Gasteiger partial charge in [0.1, 0.15) is 5.75 Å². The average molecular weight is 476 g/mol. The molecule has 0 unspecified atom stereocenters. The molecule has 0 radical (unpaired) electrons. The van der Waals surface area contributed by atoms with Gasteiger partial charge in [-0.2, -0.15) is 5.26 Å². The van der Waals surface area contributed by atoms with Gasteiger partial charge in [-0.25, -0.2) is 14.8 Å². The molecule has 0 spiro atoms. The fourth-order valence-corrected chi connectivity index (χ4v) is 4.95. The quantitative estimate of drug-likeness (QED) is 0.167. The molecule has 1 saturated carbocycles. The van der Waals surface area contributed by atoms with Gasteiger partial charge in [-0.05, 0) is 74.3 Å². The number of ether oxygens (including phenoxy) is 1. The number of nitriles is 1. The van der Waals surface area contributed by atoms with Gasteiger partial charge >= 0.3 is 5.97 Å². The predicted molar refractivity (Wildman–Crippen MR) is 140 cm³/mol. The fourth-order valence-electron chi connectivity index (χ4n) is 4.95. The second kappa shape index (κ2) is 14.0. The molecule has 5 heteroatoms. The van der Waals surface area contributed by atoms with Crippen LogP contribution in [0.3, 0.4) is 0 Å². The minimum Gasteiger partial charge on any atom is -0.425 e. The van der Waals surface area contributed by atoms with Crippen molar-refractivity contribution in [2.75, 3.05) is 0 Å². The van der Waals surface area contributed by atoms with E-state index in [0.717, 1.165) is 36.8 Å². The Morgan fingerprint density at radius 1 is 0.971 bits per heavy atom. The smallest absolute Gasteiger partial charge is 0.331 e. The minimum atomic E-state index is -1.02. The summed E-state index contributed by atoms with van der Waals surface area (Å²) < 4.78 is 5.67. The molecule has 0 aliphatic heterocycles. The predicted octanol–water partition coefficient (Wildman–Crippen LogP) is 7.84. The summed E-state index contributed by atoms with van der Waals surface area (Å²) in [5, 5.41) is 9.87. The maximum absolute atomic E-state index is 13.0. The summed E-state index contributed by atoms with van der Waals surface area (Å²) in [4.78, 5) is 22.0. The van der Waals surface area contributed by atoms with E-state index in [9.17, 15) is 10.1 Å². The van der Waals surface area contributed by atoms with Crippen molar-refractivity contribution in [1.29, 1.82) is 5.26 Å². The Labute approximate surface area is 211 Å². The van der Waals surface area contributed by atoms with Crippen LogP contribution in [-0.2, 0) is 11.2 Å². The Kier molecular flexibility index (Phi) is 10.7. The highest BCUT2D eigenvalue weighted by molar-refractivity contribution is 5.82. The van der Waals surface area contributed by atoms with Gasteiger partial charge < -0.3 is 4.74 Å². The molecule has 0 atom stereocenters. The van der Waals surface area contributed by atoms with E-state index in [2.05, 4.69) is 29.9 Å². The van der Waals surface area contributed by atoms with E-state index in [4.69, 9.17) is 4.74 Å². The number of nitrogens with zero attached hydrogens (tertiary/aromatic N) is 3. The summed E-state index contributed by atoms with van der Waals surface area (Å²) in [5.41, 5.74) is 1.01. The molecular formula is C30H41N3O2. The van der Waals surface area contributed by atoms with E-state index in [1.807, 2.05) is 24.5 Å². The van der Waals surface area contributed by atoms with E-state index in [0.29, 0.717) is 30.3 Å². The SMILES string of the molecule is CCCCCCC[C@H]1CC[C@@](C#N)(C(=O)Oc2ccc(-c3ncc(CCCCC)cn3)cc2)CC1. The molecule has 1 heterocycles. The minimum absolute atomic E-state index is 0.415. The number of aryl methyl sites for hydroxylation is 1. The Morgan fingerprint density at radius 3 is 2.23 bits per heavy atom. The van der Waals surface area contributed by atoms with Crippen LogP contribution in [0.25, 0.3) is 11.4 Å². The van der Waals surface area contributed by atoms with Crippen LogP contribution >= 0.6 is 0 Å². The lowest BCUT2D eigenvalue weighted by Gasteiger charge is -2.33. The number of hydrogen-bond donors (Lipinski definition) is 0. The first-order chi connectivity index (χ1) is 17.1. The molecule has 1 aromatic carbocycles. The number of benzene rings is 1. The highest BCUT2D eigenvalue weighted by atomic mass is 16.5. The van der Waals surface area contributed by atoms with Crippen molar-refractivity contribution >= 4 is 5.97 Å². The van der Waals surface area contributed by atoms with Gasteiger partial charge in [0.25, 0.3) is 0 Å². The molecule has 0 saturated heterocycles. The molecule has 1 aliphatic rings. The molecule has 1 aromatic heterocycles. The Hall–Kier alpha value is -2.74. The van der Waals surface area contributed by atoms with Crippen LogP contribution in [0.1, 0.15) is 103 Å². The summed E-state index contributed by atoms with van der Waals surface area (Å²) in [5.74, 6) is 1.33. The van der Waals surface area contributed by atoms with Crippen molar-refractivity contribution in [3.05, 3.63) is 42.2 Å². The third-order valence-corrected chi connectivity index (χ3v) is 7.38.